The van der Waals surface area contributed by atoms with Gasteiger partial charge >= 0.3 is 51.4 Å². The molecule has 2 N–H and O–H groups in total. The number of hydrogen-bond donors (Lipinski definition) is 2. The normalized spacial score (nSPS) is 14.4. The summed E-state index contributed by atoms with van der Waals surface area (Å²) >= 11 is 5.23. The molecule has 3 rings (SSSR count). The van der Waals surface area contributed by atoms with E-state index < -0.39 is 5.97 Å². The quantitative estimate of drug-likeness (QED) is 0.402. The molecule has 0 unspecified atom stereocenters. The average molecular weight is 381 g/mol. The van der Waals surface area contributed by atoms with E-state index in [-0.39, 0.29) is 57.1 Å². The third-order valence-corrected chi connectivity index (χ3v) is 4.03. The van der Waals surface area contributed by atoms with E-state index in [0.29, 0.717) is 22.9 Å². The number of nitrogens with one attached hydrogen (secondary N) is 2. The van der Waals surface area contributed by atoms with Crippen molar-refractivity contribution in [2.75, 3.05) is 5.32 Å². The number of aryl methyl sites for hydroxylation is 1. The molecule has 1 aliphatic rings. The van der Waals surface area contributed by atoms with Crippen LogP contribution in [-0.4, -0.2) is 16.8 Å². The van der Waals surface area contributed by atoms with Gasteiger partial charge in [0.15, 0.2) is 10.9 Å². The molecule has 1 aromatic heterocycles. The molecule has 124 valence electrons. The SMILES string of the molecule is Cc1c(C(=O)[O-])oc2c1/C(=N/NC(=S)Nc1ccccc1)CCC2.[K+]. The molecule has 0 radical (unpaired) electrons. The van der Waals surface area contributed by atoms with Crippen LogP contribution in [-0.2, 0) is 6.42 Å². The summed E-state index contributed by atoms with van der Waals surface area (Å²) < 4.78 is 5.41. The van der Waals surface area contributed by atoms with Crippen LogP contribution in [0.15, 0.2) is 39.9 Å². The molecule has 6 nitrogen and oxygen atoms in total. The minimum atomic E-state index is -1.31. The molecule has 0 saturated carbocycles. The molecule has 0 aliphatic heterocycles. The molecule has 25 heavy (non-hydrogen) atoms. The average Bonchev–Trinajstić information content (AvgIpc) is 2.92. The van der Waals surface area contributed by atoms with Gasteiger partial charge in [0, 0.05) is 23.2 Å². The second kappa shape index (κ2) is 9.06. The maximum absolute atomic E-state index is 11.1. The second-order valence-electron chi connectivity index (χ2n) is 5.49. The number of carbonyl (C=O) groups is 1. The zero-order valence-corrected chi connectivity index (χ0v) is 18.0. The van der Waals surface area contributed by atoms with Crippen LogP contribution in [0.1, 0.15) is 40.3 Å². The zero-order chi connectivity index (χ0) is 17.1. The Morgan fingerprint density at radius 3 is 2.68 bits per heavy atom. The van der Waals surface area contributed by atoms with Gasteiger partial charge in [-0.05, 0) is 44.1 Å². The van der Waals surface area contributed by atoms with Crippen LogP contribution in [0.4, 0.5) is 5.69 Å². The number of hydrazone groups is 1. The molecule has 8 heteroatoms. The number of hydrogen-bond acceptors (Lipinski definition) is 5. The first-order valence-corrected chi connectivity index (χ1v) is 7.99. The Labute approximate surface area is 193 Å². The van der Waals surface area contributed by atoms with Crippen molar-refractivity contribution in [3.05, 3.63) is 53.0 Å². The summed E-state index contributed by atoms with van der Waals surface area (Å²) in [5.41, 5.74) is 5.70. The maximum atomic E-state index is 11.1. The van der Waals surface area contributed by atoms with Crippen molar-refractivity contribution >= 4 is 34.7 Å². The van der Waals surface area contributed by atoms with Crippen LogP contribution < -0.4 is 67.2 Å². The largest absolute Gasteiger partial charge is 1.00 e. The van der Waals surface area contributed by atoms with Gasteiger partial charge in [-0.2, -0.15) is 5.10 Å². The van der Waals surface area contributed by atoms with Crippen LogP contribution in [0.25, 0.3) is 0 Å². The van der Waals surface area contributed by atoms with Crippen molar-refractivity contribution in [1.82, 2.24) is 5.43 Å². The molecule has 0 atom stereocenters. The van der Waals surface area contributed by atoms with E-state index in [1.165, 1.54) is 0 Å². The number of thiocarbonyl (C=S) groups is 1. The van der Waals surface area contributed by atoms with E-state index in [4.69, 9.17) is 16.6 Å². The monoisotopic (exact) mass is 381 g/mol. The predicted molar refractivity (Wildman–Crippen MR) is 93.0 cm³/mol. The van der Waals surface area contributed by atoms with Crippen molar-refractivity contribution < 1.29 is 65.7 Å². The van der Waals surface area contributed by atoms with Crippen LogP contribution in [0, 0.1) is 6.92 Å². The van der Waals surface area contributed by atoms with Gasteiger partial charge in [-0.1, -0.05) is 18.2 Å². The van der Waals surface area contributed by atoms with Gasteiger partial charge in [-0.25, -0.2) is 0 Å². The fourth-order valence-electron chi connectivity index (χ4n) is 2.77. The fourth-order valence-corrected chi connectivity index (χ4v) is 2.94. The molecule has 2 aromatic rings. The Balaban J connectivity index is 0.00000225. The Hall–Kier alpha value is -1.03. The third kappa shape index (κ3) is 4.78. The van der Waals surface area contributed by atoms with Crippen LogP contribution in [0.5, 0.6) is 0 Å². The summed E-state index contributed by atoms with van der Waals surface area (Å²) in [5.74, 6) is -0.796. The minimum Gasteiger partial charge on any atom is -0.542 e. The summed E-state index contributed by atoms with van der Waals surface area (Å²) in [6, 6.07) is 9.52. The number of aromatic carboxylic acids is 1. The smallest absolute Gasteiger partial charge is 0.542 e. The van der Waals surface area contributed by atoms with Crippen molar-refractivity contribution in [2.24, 2.45) is 5.10 Å². The molecule has 0 spiro atoms. The number of nitrogens with zero attached hydrogens (tertiary/aromatic N) is 1. The van der Waals surface area contributed by atoms with Gasteiger partial charge in [0.1, 0.15) is 11.7 Å². The molecule has 1 heterocycles. The summed E-state index contributed by atoms with van der Waals surface area (Å²) in [6.07, 6.45) is 2.25. The van der Waals surface area contributed by atoms with E-state index in [9.17, 15) is 9.90 Å². The van der Waals surface area contributed by atoms with E-state index in [2.05, 4.69) is 15.8 Å². The number of carbonyl (C=O) groups excluding carboxylic acids is 1. The molecule has 0 fully saturated rings. The van der Waals surface area contributed by atoms with Crippen LogP contribution >= 0.6 is 12.2 Å². The van der Waals surface area contributed by atoms with E-state index in [1.54, 1.807) is 6.92 Å². The predicted octanol–water partition coefficient (Wildman–Crippen LogP) is -1.02. The van der Waals surface area contributed by atoms with Gasteiger partial charge in [0.25, 0.3) is 0 Å². The topological polar surface area (TPSA) is 89.7 Å². The number of benzene rings is 1. The number of fused-ring (bicyclic) bond motifs is 1. The van der Waals surface area contributed by atoms with E-state index in [0.717, 1.165) is 29.8 Å². The van der Waals surface area contributed by atoms with Crippen molar-refractivity contribution in [3.8, 4) is 0 Å². The molecule has 1 aromatic carbocycles. The molecular weight excluding hydrogens is 365 g/mol. The van der Waals surface area contributed by atoms with Crippen molar-refractivity contribution in [2.45, 2.75) is 26.2 Å². The first-order chi connectivity index (χ1) is 11.6. The number of anilines is 1. The van der Waals surface area contributed by atoms with Crippen molar-refractivity contribution in [1.29, 1.82) is 0 Å². The molecule has 0 saturated heterocycles. The van der Waals surface area contributed by atoms with Gasteiger partial charge in [-0.3, -0.25) is 5.43 Å². The minimum absolute atomic E-state index is 0. The number of furan rings is 1. The molecule has 0 amide bonds. The van der Waals surface area contributed by atoms with Gasteiger partial charge in [-0.15, -0.1) is 0 Å². The summed E-state index contributed by atoms with van der Waals surface area (Å²) in [5, 5.41) is 18.9. The fraction of sp³-hybridized carbons (Fsp3) is 0.235. The van der Waals surface area contributed by atoms with Crippen LogP contribution in [0.2, 0.25) is 0 Å². The zero-order valence-electron chi connectivity index (χ0n) is 14.1. The summed E-state index contributed by atoms with van der Waals surface area (Å²) in [7, 11) is 0. The number of carboxylic acids is 1. The Kier molecular flexibility index (Phi) is 7.35. The van der Waals surface area contributed by atoms with Gasteiger partial charge < -0.3 is 19.6 Å². The van der Waals surface area contributed by atoms with E-state index in [1.807, 2.05) is 30.3 Å². The molecular formula is C17H16KN3O3S. The third-order valence-electron chi connectivity index (χ3n) is 3.84. The summed E-state index contributed by atoms with van der Waals surface area (Å²) in [6.45, 7) is 1.70. The molecule has 1 aliphatic carbocycles. The first kappa shape index (κ1) is 20.3. The van der Waals surface area contributed by atoms with Crippen molar-refractivity contribution in [3.63, 3.8) is 0 Å². The Morgan fingerprint density at radius 1 is 1.28 bits per heavy atom. The Bertz CT molecular complexity index is 818. The van der Waals surface area contributed by atoms with E-state index >= 15 is 0 Å². The van der Waals surface area contributed by atoms with Gasteiger partial charge in [0.05, 0.1) is 5.71 Å². The maximum Gasteiger partial charge on any atom is 1.00 e. The summed E-state index contributed by atoms with van der Waals surface area (Å²) in [4.78, 5) is 11.1. The van der Waals surface area contributed by atoms with Gasteiger partial charge in [0.2, 0.25) is 0 Å². The first-order valence-electron chi connectivity index (χ1n) is 7.59. The Morgan fingerprint density at radius 2 is 2.00 bits per heavy atom. The van der Waals surface area contributed by atoms with Crippen LogP contribution in [0.3, 0.4) is 0 Å². The second-order valence-corrected chi connectivity index (χ2v) is 5.89. The number of para-hydroxylation sites is 1. The standard InChI is InChI=1S/C17H17N3O3S.K/c1-10-14-12(8-5-9-13(14)23-15(10)16(21)22)19-20-17(24)18-11-6-3-2-4-7-11;/h2-4,6-7H,5,8-9H2,1H3,(H,21,22)(H2,18,20,24);/q;+1/p-1/b19-12+;. The number of carboxylic acid groups (broad SMARTS) is 1. The number of rotatable bonds is 3. The molecule has 0 bridgehead atoms.